The zero-order valence-electron chi connectivity index (χ0n) is 12.0. The van der Waals surface area contributed by atoms with Crippen molar-refractivity contribution in [3.05, 3.63) is 34.0 Å². The van der Waals surface area contributed by atoms with E-state index in [-0.39, 0.29) is 18.3 Å². The summed E-state index contributed by atoms with van der Waals surface area (Å²) in [4.78, 5) is 14.5. The topological polar surface area (TPSA) is 45.5 Å². The number of benzene rings is 1. The summed E-state index contributed by atoms with van der Waals surface area (Å²) in [6, 6.07) is 6.13. The number of rotatable bonds is 1. The molecule has 1 fully saturated rings. The first kappa shape index (κ1) is 16.3. The molecule has 6 heteroatoms. The molecule has 1 aliphatic heterocycles. The van der Waals surface area contributed by atoms with Crippen LogP contribution in [0.5, 0.6) is 0 Å². The van der Waals surface area contributed by atoms with Crippen molar-refractivity contribution < 1.29 is 9.21 Å². The Morgan fingerprint density at radius 1 is 1.48 bits per heavy atom. The number of aryl methyl sites for hydroxylation is 1. The second kappa shape index (κ2) is 6.38. The number of halogens is 2. The smallest absolute Gasteiger partial charge is 0.289 e. The Balaban J connectivity index is 0.00000161. The predicted octanol–water partition coefficient (Wildman–Crippen LogP) is 3.36. The molecule has 1 atom stereocenters. The van der Waals surface area contributed by atoms with Crippen molar-refractivity contribution in [2.45, 2.75) is 19.9 Å². The predicted molar refractivity (Wildman–Crippen MR) is 89.3 cm³/mol. The van der Waals surface area contributed by atoms with E-state index in [4.69, 9.17) is 4.42 Å². The third-order valence-electron chi connectivity index (χ3n) is 3.75. The summed E-state index contributed by atoms with van der Waals surface area (Å²) in [5, 5.41) is 4.33. The molecular formula is C15H18BrClN2O2. The van der Waals surface area contributed by atoms with Crippen molar-refractivity contribution in [3.8, 4) is 0 Å². The van der Waals surface area contributed by atoms with E-state index >= 15 is 0 Å². The molecule has 1 aromatic heterocycles. The molecule has 0 radical (unpaired) electrons. The van der Waals surface area contributed by atoms with Crippen molar-refractivity contribution in [2.75, 3.05) is 19.6 Å². The molecule has 0 spiro atoms. The van der Waals surface area contributed by atoms with Gasteiger partial charge in [0, 0.05) is 41.1 Å². The zero-order chi connectivity index (χ0) is 14.3. The van der Waals surface area contributed by atoms with Crippen molar-refractivity contribution >= 4 is 45.2 Å². The van der Waals surface area contributed by atoms with Gasteiger partial charge in [0.25, 0.3) is 5.91 Å². The number of hydrogen-bond donors (Lipinski definition) is 1. The van der Waals surface area contributed by atoms with E-state index in [1.807, 2.05) is 30.0 Å². The van der Waals surface area contributed by atoms with E-state index in [0.29, 0.717) is 11.8 Å². The molecule has 1 N–H and O–H groups in total. The van der Waals surface area contributed by atoms with Gasteiger partial charge in [-0.05, 0) is 32.0 Å². The molecule has 1 unspecified atom stereocenters. The van der Waals surface area contributed by atoms with Crippen LogP contribution in [0.4, 0.5) is 0 Å². The lowest BCUT2D eigenvalue weighted by molar-refractivity contribution is 0.0678. The molecule has 1 aliphatic rings. The second-order valence-corrected chi connectivity index (χ2v) is 6.22. The Kier molecular flexibility index (Phi) is 4.96. The molecule has 21 heavy (non-hydrogen) atoms. The highest BCUT2D eigenvalue weighted by Crippen LogP contribution is 2.29. The van der Waals surface area contributed by atoms with Crippen LogP contribution in [0, 0.1) is 6.92 Å². The molecule has 0 bridgehead atoms. The average molecular weight is 374 g/mol. The standard InChI is InChI=1S/C15H17BrN2O2.ClH/c1-9-8-18(6-5-17-9)15(19)14-10(2)12-7-11(16)3-4-13(12)20-14;/h3-4,7,9,17H,5-6,8H2,1-2H3;1H. The Labute approximate surface area is 138 Å². The summed E-state index contributed by atoms with van der Waals surface area (Å²) in [7, 11) is 0. The zero-order valence-corrected chi connectivity index (χ0v) is 14.4. The Bertz CT molecular complexity index is 671. The van der Waals surface area contributed by atoms with Gasteiger partial charge >= 0.3 is 0 Å². The summed E-state index contributed by atoms with van der Waals surface area (Å²) in [5.74, 6) is 0.454. The normalized spacial score (nSPS) is 18.6. The van der Waals surface area contributed by atoms with Gasteiger partial charge in [-0.2, -0.15) is 0 Å². The first-order chi connectivity index (χ1) is 9.56. The fraction of sp³-hybridized carbons (Fsp3) is 0.400. The number of carbonyl (C=O) groups excluding carboxylic acids is 1. The van der Waals surface area contributed by atoms with Gasteiger partial charge in [0.1, 0.15) is 5.58 Å². The van der Waals surface area contributed by atoms with Gasteiger partial charge in [0.2, 0.25) is 0 Å². The summed E-state index contributed by atoms with van der Waals surface area (Å²) in [5.41, 5.74) is 1.68. The number of carbonyl (C=O) groups is 1. The molecule has 4 nitrogen and oxygen atoms in total. The SMILES string of the molecule is Cc1c(C(=O)N2CCNC(C)C2)oc2ccc(Br)cc12.Cl. The fourth-order valence-corrected chi connectivity index (χ4v) is 3.02. The van der Waals surface area contributed by atoms with Gasteiger partial charge in [-0.3, -0.25) is 4.79 Å². The number of amides is 1. The Morgan fingerprint density at radius 2 is 2.24 bits per heavy atom. The van der Waals surface area contributed by atoms with Gasteiger partial charge in [0.05, 0.1) is 0 Å². The summed E-state index contributed by atoms with van der Waals surface area (Å²) >= 11 is 3.45. The van der Waals surface area contributed by atoms with Gasteiger partial charge < -0.3 is 14.6 Å². The average Bonchev–Trinajstić information content (AvgIpc) is 2.75. The largest absolute Gasteiger partial charge is 0.451 e. The molecule has 2 heterocycles. The van der Waals surface area contributed by atoms with E-state index < -0.39 is 0 Å². The van der Waals surface area contributed by atoms with Crippen LogP contribution in [-0.2, 0) is 0 Å². The van der Waals surface area contributed by atoms with Crippen molar-refractivity contribution in [2.24, 2.45) is 0 Å². The van der Waals surface area contributed by atoms with Gasteiger partial charge in [-0.25, -0.2) is 0 Å². The van der Waals surface area contributed by atoms with E-state index in [2.05, 4.69) is 28.2 Å². The maximum Gasteiger partial charge on any atom is 0.289 e. The van der Waals surface area contributed by atoms with Crippen LogP contribution in [0.25, 0.3) is 11.0 Å². The minimum Gasteiger partial charge on any atom is -0.451 e. The number of piperazine rings is 1. The molecular weight excluding hydrogens is 356 g/mol. The quantitative estimate of drug-likeness (QED) is 0.834. The van der Waals surface area contributed by atoms with Crippen LogP contribution in [0.15, 0.2) is 27.1 Å². The van der Waals surface area contributed by atoms with Gasteiger partial charge in [0.15, 0.2) is 5.76 Å². The highest BCUT2D eigenvalue weighted by atomic mass is 79.9. The summed E-state index contributed by atoms with van der Waals surface area (Å²) in [6.07, 6.45) is 0. The number of nitrogens with one attached hydrogen (secondary N) is 1. The Hall–Kier alpha value is -1.04. The minimum atomic E-state index is -0.0110. The molecule has 0 saturated carbocycles. The van der Waals surface area contributed by atoms with Crippen molar-refractivity contribution in [1.29, 1.82) is 0 Å². The van der Waals surface area contributed by atoms with Crippen molar-refractivity contribution in [1.82, 2.24) is 10.2 Å². The van der Waals surface area contributed by atoms with Crippen molar-refractivity contribution in [3.63, 3.8) is 0 Å². The lowest BCUT2D eigenvalue weighted by Gasteiger charge is -2.31. The monoisotopic (exact) mass is 372 g/mol. The first-order valence-electron chi connectivity index (χ1n) is 6.77. The third kappa shape index (κ3) is 3.10. The fourth-order valence-electron chi connectivity index (χ4n) is 2.66. The Morgan fingerprint density at radius 3 is 2.95 bits per heavy atom. The molecule has 1 amide bonds. The number of hydrogen-bond acceptors (Lipinski definition) is 3. The number of nitrogens with zero attached hydrogens (tertiary/aromatic N) is 1. The van der Waals surface area contributed by atoms with Gasteiger partial charge in [-0.1, -0.05) is 15.9 Å². The van der Waals surface area contributed by atoms with E-state index in [1.165, 1.54) is 0 Å². The molecule has 0 aliphatic carbocycles. The minimum absolute atomic E-state index is 0. The second-order valence-electron chi connectivity index (χ2n) is 5.30. The van der Waals surface area contributed by atoms with Crippen LogP contribution in [-0.4, -0.2) is 36.5 Å². The molecule has 1 aromatic carbocycles. The van der Waals surface area contributed by atoms with E-state index in [9.17, 15) is 4.79 Å². The maximum absolute atomic E-state index is 12.6. The maximum atomic E-state index is 12.6. The van der Waals surface area contributed by atoms with Crippen LogP contribution >= 0.6 is 28.3 Å². The highest BCUT2D eigenvalue weighted by molar-refractivity contribution is 9.10. The van der Waals surface area contributed by atoms with Crippen LogP contribution in [0.2, 0.25) is 0 Å². The summed E-state index contributed by atoms with van der Waals surface area (Å²) in [6.45, 7) is 6.30. The van der Waals surface area contributed by atoms with Crippen LogP contribution in [0.1, 0.15) is 23.0 Å². The van der Waals surface area contributed by atoms with Crippen LogP contribution < -0.4 is 5.32 Å². The molecule has 114 valence electrons. The van der Waals surface area contributed by atoms with E-state index in [1.54, 1.807) is 0 Å². The molecule has 3 rings (SSSR count). The molecule has 2 aromatic rings. The number of fused-ring (bicyclic) bond motifs is 1. The van der Waals surface area contributed by atoms with E-state index in [0.717, 1.165) is 40.6 Å². The lowest BCUT2D eigenvalue weighted by Crippen LogP contribution is -2.51. The molecule has 1 saturated heterocycles. The highest BCUT2D eigenvalue weighted by Gasteiger charge is 2.26. The van der Waals surface area contributed by atoms with Gasteiger partial charge in [-0.15, -0.1) is 12.4 Å². The lowest BCUT2D eigenvalue weighted by atomic mass is 10.1. The third-order valence-corrected chi connectivity index (χ3v) is 4.24. The van der Waals surface area contributed by atoms with Crippen LogP contribution in [0.3, 0.4) is 0 Å². The summed E-state index contributed by atoms with van der Waals surface area (Å²) < 4.78 is 6.76. The first-order valence-corrected chi connectivity index (χ1v) is 7.57. The number of furan rings is 1.